The highest BCUT2D eigenvalue weighted by Crippen LogP contribution is 2.19. The van der Waals surface area contributed by atoms with Crippen molar-refractivity contribution < 1.29 is 19.4 Å². The smallest absolute Gasteiger partial charge is 0.315 e. The van der Waals surface area contributed by atoms with Crippen LogP contribution in [-0.4, -0.2) is 41.4 Å². The maximum Gasteiger partial charge on any atom is 0.315 e. The average Bonchev–Trinajstić information content (AvgIpc) is 2.13. The number of carbonyl (C=O) groups excluding carboxylic acids is 1. The molecule has 3 N–H and O–H groups in total. The summed E-state index contributed by atoms with van der Waals surface area (Å²) < 4.78 is 5.25. The molecule has 0 unspecified atom stereocenters. The molecule has 0 aromatic carbocycles. The highest BCUT2D eigenvalue weighted by atomic mass is 16.5. The van der Waals surface area contributed by atoms with Crippen molar-refractivity contribution in [3.05, 3.63) is 0 Å². The summed E-state index contributed by atoms with van der Waals surface area (Å²) in [5, 5.41) is 14.3. The molecule has 1 aliphatic rings. The van der Waals surface area contributed by atoms with Crippen molar-refractivity contribution in [2.24, 2.45) is 0 Å². The lowest BCUT2D eigenvalue weighted by Crippen LogP contribution is -2.57. The number of nitrogens with one attached hydrogen (secondary N) is 2. The van der Waals surface area contributed by atoms with E-state index in [4.69, 9.17) is 9.84 Å². The molecule has 0 aromatic rings. The predicted octanol–water partition coefficient (Wildman–Crippen LogP) is 1.11. The molecule has 1 heterocycles. The second-order valence-corrected chi connectivity index (χ2v) is 5.71. The van der Waals surface area contributed by atoms with Gasteiger partial charge in [-0.2, -0.15) is 0 Å². The third-order valence-electron chi connectivity index (χ3n) is 3.06. The van der Waals surface area contributed by atoms with Crippen LogP contribution in [0.2, 0.25) is 0 Å². The summed E-state index contributed by atoms with van der Waals surface area (Å²) in [4.78, 5) is 22.5. The molecule has 6 nitrogen and oxygen atoms in total. The van der Waals surface area contributed by atoms with Crippen LogP contribution in [0, 0.1) is 0 Å². The summed E-state index contributed by atoms with van der Waals surface area (Å²) in [6.45, 7) is 6.62. The fourth-order valence-corrected chi connectivity index (χ4v) is 1.98. The molecule has 0 aromatic heterocycles. The largest absolute Gasteiger partial charge is 0.481 e. The number of aliphatic carboxylic acids is 1. The molecule has 1 rings (SSSR count). The summed E-state index contributed by atoms with van der Waals surface area (Å²) in [7, 11) is 0. The second-order valence-electron chi connectivity index (χ2n) is 5.71. The number of carbonyl (C=O) groups is 2. The normalized spacial score (nSPS) is 19.1. The Hall–Kier alpha value is -1.30. The van der Waals surface area contributed by atoms with Gasteiger partial charge in [-0.3, -0.25) is 4.79 Å². The van der Waals surface area contributed by atoms with Crippen molar-refractivity contribution in [1.29, 1.82) is 0 Å². The number of carboxylic acid groups (broad SMARTS) is 1. The lowest BCUT2D eigenvalue weighted by atomic mass is 9.92. The number of hydrogen-bond acceptors (Lipinski definition) is 3. The zero-order valence-corrected chi connectivity index (χ0v) is 11.2. The Kier molecular flexibility index (Phi) is 4.56. The Bertz CT molecular complexity index is 322. The van der Waals surface area contributed by atoms with Crippen LogP contribution in [0.1, 0.15) is 40.0 Å². The molecule has 0 saturated carbocycles. The Balaban J connectivity index is 2.47. The van der Waals surface area contributed by atoms with E-state index in [1.54, 1.807) is 13.8 Å². The molecule has 1 aliphatic heterocycles. The van der Waals surface area contributed by atoms with Crippen molar-refractivity contribution in [1.82, 2.24) is 10.6 Å². The van der Waals surface area contributed by atoms with Gasteiger partial charge in [-0.25, -0.2) is 4.79 Å². The predicted molar refractivity (Wildman–Crippen MR) is 66.5 cm³/mol. The summed E-state index contributed by atoms with van der Waals surface area (Å²) in [5.74, 6) is -0.933. The highest BCUT2D eigenvalue weighted by molar-refractivity contribution is 5.77. The lowest BCUT2D eigenvalue weighted by molar-refractivity contribution is -0.138. The number of carboxylic acids is 1. The maximum atomic E-state index is 11.9. The van der Waals surface area contributed by atoms with E-state index in [9.17, 15) is 9.59 Å². The molecule has 0 bridgehead atoms. The lowest BCUT2D eigenvalue weighted by Gasteiger charge is -2.36. The Morgan fingerprint density at radius 3 is 2.39 bits per heavy atom. The van der Waals surface area contributed by atoms with E-state index >= 15 is 0 Å². The molecule has 2 amide bonds. The Morgan fingerprint density at radius 1 is 1.33 bits per heavy atom. The van der Waals surface area contributed by atoms with Gasteiger partial charge in [0.25, 0.3) is 0 Å². The highest BCUT2D eigenvalue weighted by Gasteiger charge is 2.31. The van der Waals surface area contributed by atoms with E-state index in [0.29, 0.717) is 13.2 Å². The van der Waals surface area contributed by atoms with Gasteiger partial charge in [0, 0.05) is 24.3 Å². The van der Waals surface area contributed by atoms with Gasteiger partial charge in [-0.15, -0.1) is 0 Å². The van der Waals surface area contributed by atoms with Crippen molar-refractivity contribution >= 4 is 12.0 Å². The van der Waals surface area contributed by atoms with E-state index in [1.165, 1.54) is 0 Å². The summed E-state index contributed by atoms with van der Waals surface area (Å²) in [6.07, 6.45) is 1.42. The molecule has 1 saturated heterocycles. The van der Waals surface area contributed by atoms with Gasteiger partial charge in [-0.05, 0) is 33.6 Å². The van der Waals surface area contributed by atoms with E-state index in [1.807, 2.05) is 6.92 Å². The van der Waals surface area contributed by atoms with Crippen LogP contribution >= 0.6 is 0 Å². The van der Waals surface area contributed by atoms with Gasteiger partial charge < -0.3 is 20.5 Å². The third-order valence-corrected chi connectivity index (χ3v) is 3.06. The fourth-order valence-electron chi connectivity index (χ4n) is 1.98. The number of rotatable bonds is 4. The quantitative estimate of drug-likeness (QED) is 0.705. The molecule has 1 fully saturated rings. The van der Waals surface area contributed by atoms with Gasteiger partial charge in [0.05, 0.1) is 6.42 Å². The maximum absolute atomic E-state index is 11.9. The molecule has 6 heteroatoms. The number of ether oxygens (including phenoxy) is 1. The van der Waals surface area contributed by atoms with E-state index in [-0.39, 0.29) is 18.0 Å². The fraction of sp³-hybridized carbons (Fsp3) is 0.833. The van der Waals surface area contributed by atoms with Crippen LogP contribution in [0.3, 0.4) is 0 Å². The van der Waals surface area contributed by atoms with Gasteiger partial charge in [0.2, 0.25) is 0 Å². The van der Waals surface area contributed by atoms with E-state index < -0.39 is 11.5 Å². The number of urea groups is 1. The van der Waals surface area contributed by atoms with E-state index in [0.717, 1.165) is 12.8 Å². The molecule has 0 aliphatic carbocycles. The Labute approximate surface area is 107 Å². The third kappa shape index (κ3) is 4.91. The molecule has 18 heavy (non-hydrogen) atoms. The van der Waals surface area contributed by atoms with Crippen LogP contribution in [0.4, 0.5) is 4.79 Å². The minimum atomic E-state index is -0.933. The second kappa shape index (κ2) is 5.56. The molecular weight excluding hydrogens is 236 g/mol. The summed E-state index contributed by atoms with van der Waals surface area (Å²) in [6, 6.07) is -0.328. The SMILES string of the molecule is CC(C)(CC(=O)O)NC(=O)NC1(C)CCOCC1. The number of hydrogen-bond donors (Lipinski definition) is 3. The van der Waals surface area contributed by atoms with Crippen molar-refractivity contribution in [2.75, 3.05) is 13.2 Å². The van der Waals surface area contributed by atoms with Crippen molar-refractivity contribution in [3.8, 4) is 0 Å². The van der Waals surface area contributed by atoms with Crippen molar-refractivity contribution in [3.63, 3.8) is 0 Å². The van der Waals surface area contributed by atoms with Crippen LogP contribution in [0.5, 0.6) is 0 Å². The zero-order valence-electron chi connectivity index (χ0n) is 11.2. The molecular formula is C12H22N2O4. The summed E-state index contributed by atoms with van der Waals surface area (Å²) >= 11 is 0. The first-order valence-corrected chi connectivity index (χ1v) is 6.12. The van der Waals surface area contributed by atoms with Crippen molar-refractivity contribution in [2.45, 2.75) is 51.1 Å². The monoisotopic (exact) mass is 258 g/mol. The van der Waals surface area contributed by atoms with Gasteiger partial charge >= 0.3 is 12.0 Å². The van der Waals surface area contributed by atoms with Crippen LogP contribution in [0.25, 0.3) is 0 Å². The molecule has 0 radical (unpaired) electrons. The van der Waals surface area contributed by atoms with Gasteiger partial charge in [0.1, 0.15) is 0 Å². The standard InChI is InChI=1S/C12H22N2O4/c1-11(2,8-9(15)16)13-10(17)14-12(3)4-6-18-7-5-12/h4-8H2,1-3H3,(H,15,16)(H2,13,14,17). The average molecular weight is 258 g/mol. The molecule has 0 atom stereocenters. The minimum absolute atomic E-state index is 0.111. The van der Waals surface area contributed by atoms with Gasteiger partial charge in [-0.1, -0.05) is 0 Å². The first-order chi connectivity index (χ1) is 8.22. The van der Waals surface area contributed by atoms with Crippen LogP contribution in [-0.2, 0) is 9.53 Å². The minimum Gasteiger partial charge on any atom is -0.481 e. The first-order valence-electron chi connectivity index (χ1n) is 6.12. The topological polar surface area (TPSA) is 87.7 Å². The zero-order chi connectivity index (χ0) is 13.8. The Morgan fingerprint density at radius 2 is 1.89 bits per heavy atom. The summed E-state index contributed by atoms with van der Waals surface area (Å²) in [5.41, 5.74) is -1.04. The van der Waals surface area contributed by atoms with E-state index in [2.05, 4.69) is 10.6 Å². The van der Waals surface area contributed by atoms with Crippen LogP contribution < -0.4 is 10.6 Å². The first kappa shape index (κ1) is 14.8. The molecule has 104 valence electrons. The van der Waals surface area contributed by atoms with Gasteiger partial charge in [0.15, 0.2) is 0 Å². The molecule has 0 spiro atoms. The number of amides is 2. The van der Waals surface area contributed by atoms with Crippen LogP contribution in [0.15, 0.2) is 0 Å².